The Morgan fingerprint density at radius 2 is 1.54 bits per heavy atom. The molecular weight excluding hydrogens is 310 g/mol. The van der Waals surface area contributed by atoms with Crippen LogP contribution < -0.4 is 4.74 Å². The van der Waals surface area contributed by atoms with E-state index in [0.29, 0.717) is 6.54 Å². The Morgan fingerprint density at radius 3 is 2.21 bits per heavy atom. The Kier molecular flexibility index (Phi) is 5.43. The molecule has 1 fully saturated rings. The number of para-hydroxylation sites is 1. The molecule has 0 aliphatic carbocycles. The molecule has 2 aromatic carbocycles. The minimum Gasteiger partial charge on any atom is -0.496 e. The maximum Gasteiger partial charge on any atom is 0.159 e. The van der Waals surface area contributed by atoms with Gasteiger partial charge in [-0.2, -0.15) is 0 Å². The second-order valence-corrected chi connectivity index (χ2v) is 6.11. The molecule has 0 unspecified atom stereocenters. The Morgan fingerprint density at radius 1 is 0.875 bits per heavy atom. The first-order valence-electron chi connectivity index (χ1n) is 8.16. The predicted molar refractivity (Wildman–Crippen MR) is 89.9 cm³/mol. The van der Waals surface area contributed by atoms with Crippen LogP contribution in [0.15, 0.2) is 42.5 Å². The van der Waals surface area contributed by atoms with Gasteiger partial charge in [0.1, 0.15) is 5.75 Å². The lowest BCUT2D eigenvalue weighted by molar-refractivity contribution is 0.121. The van der Waals surface area contributed by atoms with Crippen molar-refractivity contribution < 1.29 is 13.5 Å². The normalized spacial score (nSPS) is 16.3. The van der Waals surface area contributed by atoms with Crippen LogP contribution in [0.2, 0.25) is 0 Å². The predicted octanol–water partition coefficient (Wildman–Crippen LogP) is 3.29. The fourth-order valence-electron chi connectivity index (χ4n) is 3.08. The Hall–Kier alpha value is -1.98. The monoisotopic (exact) mass is 332 g/mol. The van der Waals surface area contributed by atoms with Gasteiger partial charge in [0.15, 0.2) is 11.6 Å². The smallest absolute Gasteiger partial charge is 0.159 e. The number of piperazine rings is 1. The van der Waals surface area contributed by atoms with Gasteiger partial charge in [0.25, 0.3) is 0 Å². The number of benzene rings is 2. The summed E-state index contributed by atoms with van der Waals surface area (Å²) in [5, 5.41) is 0. The highest BCUT2D eigenvalue weighted by molar-refractivity contribution is 5.33. The second-order valence-electron chi connectivity index (χ2n) is 6.11. The number of rotatable bonds is 5. The first-order valence-corrected chi connectivity index (χ1v) is 8.16. The summed E-state index contributed by atoms with van der Waals surface area (Å²) >= 11 is 0. The van der Waals surface area contributed by atoms with Gasteiger partial charge in [0, 0.05) is 44.8 Å². The maximum absolute atomic E-state index is 13.3. The zero-order chi connectivity index (χ0) is 16.9. The molecule has 0 aromatic heterocycles. The standard InChI is InChI=1S/C19H22F2N2O/c1-24-19-5-3-2-4-16(19)14-23-10-8-22(9-11-23)13-15-6-7-17(20)18(21)12-15/h2-7,12H,8-11,13-14H2,1H3. The van der Waals surface area contributed by atoms with Crippen LogP contribution in [0, 0.1) is 11.6 Å². The van der Waals surface area contributed by atoms with Crippen molar-refractivity contribution in [2.45, 2.75) is 13.1 Å². The fraction of sp³-hybridized carbons (Fsp3) is 0.368. The van der Waals surface area contributed by atoms with Crippen molar-refractivity contribution in [2.24, 2.45) is 0 Å². The van der Waals surface area contributed by atoms with E-state index in [4.69, 9.17) is 4.74 Å². The van der Waals surface area contributed by atoms with E-state index in [0.717, 1.165) is 44.0 Å². The molecule has 1 saturated heterocycles. The molecule has 0 spiro atoms. The van der Waals surface area contributed by atoms with E-state index >= 15 is 0 Å². The lowest BCUT2D eigenvalue weighted by atomic mass is 10.1. The van der Waals surface area contributed by atoms with E-state index < -0.39 is 11.6 Å². The summed E-state index contributed by atoms with van der Waals surface area (Å²) in [5.41, 5.74) is 2.00. The molecule has 3 nitrogen and oxygen atoms in total. The van der Waals surface area contributed by atoms with Crippen LogP contribution in [0.4, 0.5) is 8.78 Å². The molecule has 2 aromatic rings. The quantitative estimate of drug-likeness (QED) is 0.836. The lowest BCUT2D eigenvalue weighted by Crippen LogP contribution is -2.45. The summed E-state index contributed by atoms with van der Waals surface area (Å²) in [6, 6.07) is 12.2. The first-order chi connectivity index (χ1) is 11.7. The van der Waals surface area contributed by atoms with E-state index in [2.05, 4.69) is 15.9 Å². The maximum atomic E-state index is 13.3. The van der Waals surface area contributed by atoms with Crippen molar-refractivity contribution in [3.63, 3.8) is 0 Å². The molecule has 1 aliphatic heterocycles. The van der Waals surface area contributed by atoms with E-state index in [1.54, 1.807) is 13.2 Å². The van der Waals surface area contributed by atoms with Crippen molar-refractivity contribution in [3.05, 3.63) is 65.2 Å². The molecule has 0 saturated carbocycles. The van der Waals surface area contributed by atoms with Crippen LogP contribution in [0.25, 0.3) is 0 Å². The van der Waals surface area contributed by atoms with Crippen molar-refractivity contribution in [1.29, 1.82) is 0 Å². The third kappa shape index (κ3) is 4.10. The number of methoxy groups -OCH3 is 1. The van der Waals surface area contributed by atoms with Crippen LogP contribution in [0.3, 0.4) is 0 Å². The molecule has 5 heteroatoms. The molecular formula is C19H22F2N2O. The van der Waals surface area contributed by atoms with Gasteiger partial charge in [-0.05, 0) is 23.8 Å². The summed E-state index contributed by atoms with van der Waals surface area (Å²) in [7, 11) is 1.69. The van der Waals surface area contributed by atoms with Crippen molar-refractivity contribution in [1.82, 2.24) is 9.80 Å². The minimum absolute atomic E-state index is 0.652. The van der Waals surface area contributed by atoms with Gasteiger partial charge in [-0.25, -0.2) is 8.78 Å². The Balaban J connectivity index is 1.53. The topological polar surface area (TPSA) is 15.7 Å². The van der Waals surface area contributed by atoms with Crippen LogP contribution in [0.5, 0.6) is 5.75 Å². The highest BCUT2D eigenvalue weighted by Crippen LogP contribution is 2.20. The minimum atomic E-state index is -0.791. The number of nitrogens with zero attached hydrogens (tertiary/aromatic N) is 2. The van der Waals surface area contributed by atoms with E-state index in [-0.39, 0.29) is 0 Å². The van der Waals surface area contributed by atoms with Crippen molar-refractivity contribution in [3.8, 4) is 5.75 Å². The number of ether oxygens (including phenoxy) is 1. The van der Waals surface area contributed by atoms with Gasteiger partial charge in [-0.15, -0.1) is 0 Å². The molecule has 24 heavy (non-hydrogen) atoms. The number of hydrogen-bond donors (Lipinski definition) is 0. The largest absolute Gasteiger partial charge is 0.496 e. The molecule has 0 N–H and O–H groups in total. The molecule has 3 rings (SSSR count). The summed E-state index contributed by atoms with van der Waals surface area (Å²) < 4.78 is 31.7. The summed E-state index contributed by atoms with van der Waals surface area (Å²) in [6.07, 6.45) is 0. The van der Waals surface area contributed by atoms with Gasteiger partial charge in [-0.1, -0.05) is 24.3 Å². The van der Waals surface area contributed by atoms with Crippen LogP contribution >= 0.6 is 0 Å². The molecule has 0 radical (unpaired) electrons. The van der Waals surface area contributed by atoms with Gasteiger partial charge >= 0.3 is 0 Å². The fourth-order valence-corrected chi connectivity index (χ4v) is 3.08. The summed E-state index contributed by atoms with van der Waals surface area (Å²) in [4.78, 5) is 4.66. The van der Waals surface area contributed by atoms with Crippen molar-refractivity contribution in [2.75, 3.05) is 33.3 Å². The SMILES string of the molecule is COc1ccccc1CN1CCN(Cc2ccc(F)c(F)c2)CC1. The average molecular weight is 332 g/mol. The molecule has 1 aliphatic rings. The molecule has 0 amide bonds. The van der Waals surface area contributed by atoms with E-state index in [1.165, 1.54) is 17.7 Å². The third-order valence-corrected chi connectivity index (χ3v) is 4.44. The van der Waals surface area contributed by atoms with Crippen LogP contribution in [-0.4, -0.2) is 43.1 Å². The van der Waals surface area contributed by atoms with Crippen LogP contribution in [-0.2, 0) is 13.1 Å². The lowest BCUT2D eigenvalue weighted by Gasteiger charge is -2.35. The van der Waals surface area contributed by atoms with Gasteiger partial charge in [-0.3, -0.25) is 9.80 Å². The van der Waals surface area contributed by atoms with Gasteiger partial charge < -0.3 is 4.74 Å². The average Bonchev–Trinajstić information content (AvgIpc) is 2.60. The highest BCUT2D eigenvalue weighted by atomic mass is 19.2. The van der Waals surface area contributed by atoms with Crippen molar-refractivity contribution >= 4 is 0 Å². The zero-order valence-electron chi connectivity index (χ0n) is 13.8. The van der Waals surface area contributed by atoms with Gasteiger partial charge in [0.05, 0.1) is 7.11 Å². The van der Waals surface area contributed by atoms with Crippen LogP contribution in [0.1, 0.15) is 11.1 Å². The Labute approximate surface area is 141 Å². The molecule has 0 bridgehead atoms. The molecule has 0 atom stereocenters. The summed E-state index contributed by atoms with van der Waals surface area (Å²) in [5.74, 6) is -0.649. The number of hydrogen-bond acceptors (Lipinski definition) is 3. The third-order valence-electron chi connectivity index (χ3n) is 4.44. The molecule has 128 valence electrons. The highest BCUT2D eigenvalue weighted by Gasteiger charge is 2.18. The second kappa shape index (κ2) is 7.73. The zero-order valence-corrected chi connectivity index (χ0v) is 13.8. The first kappa shape index (κ1) is 16.9. The number of halogens is 2. The van der Waals surface area contributed by atoms with Gasteiger partial charge in [0.2, 0.25) is 0 Å². The van der Waals surface area contributed by atoms with E-state index in [1.807, 2.05) is 18.2 Å². The summed E-state index contributed by atoms with van der Waals surface area (Å²) in [6.45, 7) is 5.23. The van der Waals surface area contributed by atoms with E-state index in [9.17, 15) is 8.78 Å². The Bertz CT molecular complexity index is 685. The molecule has 1 heterocycles.